The van der Waals surface area contributed by atoms with Crippen molar-refractivity contribution in [2.24, 2.45) is 0 Å². The van der Waals surface area contributed by atoms with Crippen molar-refractivity contribution in [3.8, 4) is 5.75 Å². The number of pyridine rings is 1. The summed E-state index contributed by atoms with van der Waals surface area (Å²) in [7, 11) is 0. The number of ether oxygens (including phenoxy) is 2. The van der Waals surface area contributed by atoms with Gasteiger partial charge in [0.1, 0.15) is 11.4 Å². The number of hydrogen-bond donors (Lipinski definition) is 2. The molecule has 2 aromatic rings. The van der Waals surface area contributed by atoms with E-state index in [1.54, 1.807) is 15.9 Å². The summed E-state index contributed by atoms with van der Waals surface area (Å²) >= 11 is 0. The van der Waals surface area contributed by atoms with Crippen LogP contribution in [-0.2, 0) is 22.4 Å². The summed E-state index contributed by atoms with van der Waals surface area (Å²) in [4.78, 5) is 33.3. The molecule has 0 radical (unpaired) electrons. The van der Waals surface area contributed by atoms with Gasteiger partial charge >= 0.3 is 12.0 Å². The number of amides is 2. The highest BCUT2D eigenvalue weighted by Gasteiger charge is 2.36. The molecule has 2 aliphatic rings. The molecule has 1 saturated heterocycles. The van der Waals surface area contributed by atoms with Crippen molar-refractivity contribution in [2.45, 2.75) is 110 Å². The lowest BCUT2D eigenvalue weighted by Crippen LogP contribution is -2.36. The normalized spacial score (nSPS) is 17.1. The topological polar surface area (TPSA) is 104 Å². The van der Waals surface area contributed by atoms with Gasteiger partial charge in [0.15, 0.2) is 11.6 Å². The Morgan fingerprint density at radius 2 is 1.96 bits per heavy atom. The number of nitrogens with zero attached hydrogens (tertiary/aromatic N) is 3. The number of carbonyl (C=O) groups excluding carboxylic acids is 1. The standard InChI is InChI=1S/C35H51FN4O5/c1-6-16-35(5,7-2)44-22-17-34(3,4)45-30-15-13-26(23-28(30)36)29(24-31(41)42)40-21-20-39(33(40)43)19-9-11-27-14-12-25-10-8-18-37-32(25)38-27/h12-15,23,29H,6-11,16-22,24H2,1-5H3,(H,37,38)(H,41,42)/t29-,35?/m0/s1. The average Bonchev–Trinajstić information content (AvgIpc) is 3.36. The summed E-state index contributed by atoms with van der Waals surface area (Å²) in [6, 6.07) is 7.67. The molecule has 0 bridgehead atoms. The predicted octanol–water partition coefficient (Wildman–Crippen LogP) is 7.00. The van der Waals surface area contributed by atoms with E-state index >= 15 is 4.39 Å². The van der Waals surface area contributed by atoms with Gasteiger partial charge in [0.25, 0.3) is 0 Å². The van der Waals surface area contributed by atoms with Gasteiger partial charge in [-0.1, -0.05) is 32.4 Å². The quantitative estimate of drug-likeness (QED) is 0.195. The minimum atomic E-state index is -1.05. The van der Waals surface area contributed by atoms with Gasteiger partial charge in [-0.15, -0.1) is 0 Å². The minimum Gasteiger partial charge on any atom is -0.485 e. The smallest absolute Gasteiger partial charge is 0.320 e. The minimum absolute atomic E-state index is 0.0880. The first-order chi connectivity index (χ1) is 21.4. The van der Waals surface area contributed by atoms with Gasteiger partial charge in [-0.05, 0) is 88.6 Å². The Bertz CT molecular complexity index is 1320. The molecule has 10 heteroatoms. The number of carboxylic acids is 1. The highest BCUT2D eigenvalue weighted by atomic mass is 19.1. The number of fused-ring (bicyclic) bond motifs is 1. The molecule has 2 aliphatic heterocycles. The molecule has 3 heterocycles. The Hall–Kier alpha value is -3.40. The lowest BCUT2D eigenvalue weighted by Gasteiger charge is -2.32. The predicted molar refractivity (Wildman–Crippen MR) is 173 cm³/mol. The first-order valence-electron chi connectivity index (χ1n) is 16.6. The van der Waals surface area contributed by atoms with Gasteiger partial charge in [-0.3, -0.25) is 4.79 Å². The van der Waals surface area contributed by atoms with Crippen molar-refractivity contribution >= 4 is 17.8 Å². The molecular weight excluding hydrogens is 575 g/mol. The summed E-state index contributed by atoms with van der Waals surface area (Å²) in [5, 5.41) is 13.0. The molecule has 1 aromatic carbocycles. The third-order valence-electron chi connectivity index (χ3n) is 9.09. The van der Waals surface area contributed by atoms with Gasteiger partial charge in [0.2, 0.25) is 0 Å². The summed E-state index contributed by atoms with van der Waals surface area (Å²) < 4.78 is 27.7. The highest BCUT2D eigenvalue weighted by molar-refractivity contribution is 5.78. The first kappa shape index (κ1) is 34.5. The van der Waals surface area contributed by atoms with Crippen LogP contribution in [0.15, 0.2) is 30.3 Å². The molecule has 0 saturated carbocycles. The van der Waals surface area contributed by atoms with E-state index in [2.05, 4.69) is 38.2 Å². The van der Waals surface area contributed by atoms with E-state index < -0.39 is 23.4 Å². The molecule has 248 valence electrons. The highest BCUT2D eigenvalue weighted by Crippen LogP contribution is 2.33. The van der Waals surface area contributed by atoms with Gasteiger partial charge < -0.3 is 29.7 Å². The molecule has 1 unspecified atom stereocenters. The van der Waals surface area contributed by atoms with Crippen molar-refractivity contribution < 1.29 is 28.6 Å². The van der Waals surface area contributed by atoms with Crippen molar-refractivity contribution in [2.75, 3.05) is 38.1 Å². The zero-order chi connectivity index (χ0) is 32.6. The number of rotatable bonds is 17. The Labute approximate surface area is 267 Å². The fourth-order valence-corrected chi connectivity index (χ4v) is 6.21. The molecule has 2 N–H and O–H groups in total. The first-order valence-corrected chi connectivity index (χ1v) is 16.6. The molecule has 0 spiro atoms. The van der Waals surface area contributed by atoms with Crippen LogP contribution in [0.4, 0.5) is 15.0 Å². The largest absolute Gasteiger partial charge is 0.485 e. The van der Waals surface area contributed by atoms with E-state index in [1.807, 2.05) is 13.8 Å². The van der Waals surface area contributed by atoms with Crippen molar-refractivity contribution in [3.05, 3.63) is 53.0 Å². The molecule has 1 fully saturated rings. The molecule has 45 heavy (non-hydrogen) atoms. The number of nitrogens with one attached hydrogen (secondary N) is 1. The van der Waals surface area contributed by atoms with E-state index in [0.29, 0.717) is 38.2 Å². The number of aryl methyl sites for hydroxylation is 2. The molecule has 4 rings (SSSR count). The molecule has 0 aliphatic carbocycles. The molecule has 9 nitrogen and oxygen atoms in total. The summed E-state index contributed by atoms with van der Waals surface area (Å²) in [6.07, 6.45) is 6.82. The average molecular weight is 627 g/mol. The Morgan fingerprint density at radius 3 is 2.67 bits per heavy atom. The molecular formula is C35H51FN4O5. The number of halogens is 1. The van der Waals surface area contributed by atoms with E-state index in [1.165, 1.54) is 17.7 Å². The Balaban J connectivity index is 1.35. The second-order valence-electron chi connectivity index (χ2n) is 13.2. The van der Waals surface area contributed by atoms with Crippen molar-refractivity contribution in [1.82, 2.24) is 14.8 Å². The molecule has 2 atom stereocenters. The van der Waals surface area contributed by atoms with E-state index in [9.17, 15) is 14.7 Å². The molecule has 1 aromatic heterocycles. The fraction of sp³-hybridized carbons (Fsp3) is 0.629. The van der Waals surface area contributed by atoms with Crippen molar-refractivity contribution in [3.63, 3.8) is 0 Å². The third kappa shape index (κ3) is 9.31. The Morgan fingerprint density at radius 1 is 1.16 bits per heavy atom. The number of anilines is 1. The number of carbonyl (C=O) groups is 2. The van der Waals surface area contributed by atoms with Crippen LogP contribution in [0.1, 0.15) is 102 Å². The lowest BCUT2D eigenvalue weighted by molar-refractivity contribution is -0.138. The van der Waals surface area contributed by atoms with Crippen LogP contribution in [0.2, 0.25) is 0 Å². The zero-order valence-electron chi connectivity index (χ0n) is 27.7. The lowest BCUT2D eigenvalue weighted by atomic mass is 9.97. The zero-order valence-corrected chi connectivity index (χ0v) is 27.7. The van der Waals surface area contributed by atoms with Crippen LogP contribution in [0.3, 0.4) is 0 Å². The number of benzene rings is 1. The van der Waals surface area contributed by atoms with Crippen molar-refractivity contribution in [1.29, 1.82) is 0 Å². The number of aromatic nitrogens is 1. The Kier molecular flexibility index (Phi) is 11.7. The number of carboxylic acid groups (broad SMARTS) is 1. The van der Waals surface area contributed by atoms with Crippen LogP contribution < -0.4 is 10.1 Å². The second-order valence-corrected chi connectivity index (χ2v) is 13.2. The van der Waals surface area contributed by atoms with E-state index in [4.69, 9.17) is 14.5 Å². The monoisotopic (exact) mass is 626 g/mol. The maximum Gasteiger partial charge on any atom is 0.320 e. The summed E-state index contributed by atoms with van der Waals surface area (Å²) in [6.45, 7) is 13.0. The van der Waals surface area contributed by atoms with Crippen LogP contribution >= 0.6 is 0 Å². The van der Waals surface area contributed by atoms with E-state index in [-0.39, 0.29) is 23.8 Å². The fourth-order valence-electron chi connectivity index (χ4n) is 6.21. The second kappa shape index (κ2) is 15.3. The van der Waals surface area contributed by atoms with Gasteiger partial charge in [0, 0.05) is 38.3 Å². The van der Waals surface area contributed by atoms with Gasteiger partial charge in [-0.25, -0.2) is 14.2 Å². The third-order valence-corrected chi connectivity index (χ3v) is 9.09. The SMILES string of the molecule is CCCC(C)(CC)OCCC(C)(C)Oc1ccc([C@H](CC(=O)O)N2CCN(CCCc3ccc4c(n3)NCCC4)C2=O)cc1F. The van der Waals surface area contributed by atoms with Crippen LogP contribution in [0.5, 0.6) is 5.75 Å². The number of hydrogen-bond acceptors (Lipinski definition) is 6. The number of aliphatic carboxylic acids is 1. The van der Waals surface area contributed by atoms with Crippen LogP contribution in [0.25, 0.3) is 0 Å². The van der Waals surface area contributed by atoms with Crippen LogP contribution in [-0.4, -0.2) is 75.9 Å². The summed E-state index contributed by atoms with van der Waals surface area (Å²) in [5.41, 5.74) is 1.80. The maximum atomic E-state index is 15.4. The van der Waals surface area contributed by atoms with E-state index in [0.717, 1.165) is 63.0 Å². The number of urea groups is 1. The van der Waals surface area contributed by atoms with Gasteiger partial charge in [0.05, 0.1) is 24.7 Å². The summed E-state index contributed by atoms with van der Waals surface area (Å²) in [5.74, 6) is -0.592. The maximum absolute atomic E-state index is 15.4. The molecule has 2 amide bonds. The van der Waals surface area contributed by atoms with Crippen LogP contribution in [0, 0.1) is 5.82 Å². The van der Waals surface area contributed by atoms with Gasteiger partial charge in [-0.2, -0.15) is 0 Å².